The number of nitrogens with zero attached hydrogens (tertiary/aromatic N) is 1. The molecule has 1 atom stereocenters. The van der Waals surface area contributed by atoms with Crippen LogP contribution in [-0.4, -0.2) is 17.6 Å². The second-order valence-corrected chi connectivity index (χ2v) is 4.87. The fourth-order valence-corrected chi connectivity index (χ4v) is 2.41. The molecule has 102 valence electrons. The Balaban J connectivity index is 1.92. The summed E-state index contributed by atoms with van der Waals surface area (Å²) in [6.45, 7) is 4.17. The van der Waals surface area contributed by atoms with Gasteiger partial charge in [-0.15, -0.1) is 11.3 Å². The molecule has 6 heteroatoms. The molecule has 1 unspecified atom stereocenters. The first-order valence-electron chi connectivity index (χ1n) is 6.09. The van der Waals surface area contributed by atoms with Gasteiger partial charge in [-0.25, -0.2) is 4.98 Å². The Morgan fingerprint density at radius 3 is 3.16 bits per heavy atom. The van der Waals surface area contributed by atoms with Crippen LogP contribution in [0.15, 0.2) is 28.2 Å². The van der Waals surface area contributed by atoms with Crippen LogP contribution in [0.4, 0.5) is 5.13 Å². The van der Waals surface area contributed by atoms with Crippen LogP contribution in [0.3, 0.4) is 0 Å². The van der Waals surface area contributed by atoms with E-state index >= 15 is 0 Å². The van der Waals surface area contributed by atoms with Gasteiger partial charge in [-0.05, 0) is 26.0 Å². The van der Waals surface area contributed by atoms with E-state index in [1.165, 1.54) is 11.3 Å². The SMILES string of the molecule is CCOC(=O)Cc1csc(NC(C)c2ccco2)n1. The first kappa shape index (κ1) is 13.6. The molecule has 0 aliphatic heterocycles. The number of anilines is 1. The van der Waals surface area contributed by atoms with E-state index in [4.69, 9.17) is 9.15 Å². The standard InChI is InChI=1S/C13H16N2O3S/c1-3-17-12(16)7-10-8-19-13(15-10)14-9(2)11-5-4-6-18-11/h4-6,8-9H,3,7H2,1-2H3,(H,14,15). The summed E-state index contributed by atoms with van der Waals surface area (Å²) in [6.07, 6.45) is 1.85. The number of carbonyl (C=O) groups excluding carboxylic acids is 1. The lowest BCUT2D eigenvalue weighted by atomic mass is 10.3. The van der Waals surface area contributed by atoms with E-state index in [9.17, 15) is 4.79 Å². The maximum Gasteiger partial charge on any atom is 0.311 e. The Hall–Kier alpha value is -1.82. The second-order valence-electron chi connectivity index (χ2n) is 4.01. The molecule has 2 heterocycles. The maximum atomic E-state index is 11.3. The molecule has 0 fully saturated rings. The van der Waals surface area contributed by atoms with Gasteiger partial charge < -0.3 is 14.5 Å². The third-order valence-electron chi connectivity index (χ3n) is 2.49. The molecular weight excluding hydrogens is 264 g/mol. The average molecular weight is 280 g/mol. The van der Waals surface area contributed by atoms with E-state index in [-0.39, 0.29) is 18.4 Å². The van der Waals surface area contributed by atoms with Gasteiger partial charge in [0, 0.05) is 5.38 Å². The van der Waals surface area contributed by atoms with Gasteiger partial charge >= 0.3 is 5.97 Å². The van der Waals surface area contributed by atoms with Crippen LogP contribution < -0.4 is 5.32 Å². The number of aromatic nitrogens is 1. The van der Waals surface area contributed by atoms with Gasteiger partial charge in [0.25, 0.3) is 0 Å². The number of hydrogen-bond donors (Lipinski definition) is 1. The second kappa shape index (κ2) is 6.38. The van der Waals surface area contributed by atoms with Crippen LogP contribution in [0.1, 0.15) is 31.3 Å². The van der Waals surface area contributed by atoms with Crippen molar-refractivity contribution < 1.29 is 13.9 Å². The van der Waals surface area contributed by atoms with Crippen molar-refractivity contribution in [3.05, 3.63) is 35.2 Å². The van der Waals surface area contributed by atoms with Crippen LogP contribution in [0.2, 0.25) is 0 Å². The largest absolute Gasteiger partial charge is 0.467 e. The van der Waals surface area contributed by atoms with Crippen LogP contribution in [-0.2, 0) is 16.0 Å². The zero-order valence-corrected chi connectivity index (χ0v) is 11.7. The lowest BCUT2D eigenvalue weighted by Gasteiger charge is -2.09. The molecule has 0 saturated heterocycles. The number of ether oxygens (including phenoxy) is 1. The maximum absolute atomic E-state index is 11.3. The number of rotatable bonds is 6. The zero-order valence-electron chi connectivity index (χ0n) is 10.9. The normalized spacial score (nSPS) is 12.1. The number of carbonyl (C=O) groups is 1. The van der Waals surface area contributed by atoms with Crippen molar-refractivity contribution in [2.75, 3.05) is 11.9 Å². The van der Waals surface area contributed by atoms with Crippen LogP contribution in [0.5, 0.6) is 0 Å². The molecule has 1 N–H and O–H groups in total. The van der Waals surface area contributed by atoms with E-state index < -0.39 is 0 Å². The number of esters is 1. The molecule has 19 heavy (non-hydrogen) atoms. The van der Waals surface area contributed by atoms with Crippen LogP contribution in [0.25, 0.3) is 0 Å². The van der Waals surface area contributed by atoms with Crippen molar-refractivity contribution in [3.8, 4) is 0 Å². The highest BCUT2D eigenvalue weighted by molar-refractivity contribution is 7.13. The molecule has 2 rings (SSSR count). The Bertz CT molecular complexity index is 522. The minimum Gasteiger partial charge on any atom is -0.467 e. The molecule has 0 spiro atoms. The summed E-state index contributed by atoms with van der Waals surface area (Å²) in [5, 5.41) is 5.85. The predicted molar refractivity (Wildman–Crippen MR) is 73.2 cm³/mol. The van der Waals surface area contributed by atoms with Gasteiger partial charge in [0.1, 0.15) is 5.76 Å². The molecule has 2 aromatic rings. The number of hydrogen-bond acceptors (Lipinski definition) is 6. The van der Waals surface area contributed by atoms with Gasteiger partial charge in [0.2, 0.25) is 0 Å². The van der Waals surface area contributed by atoms with Crippen molar-refractivity contribution in [2.24, 2.45) is 0 Å². The van der Waals surface area contributed by atoms with Crippen LogP contribution in [0, 0.1) is 0 Å². The smallest absolute Gasteiger partial charge is 0.311 e. The highest BCUT2D eigenvalue weighted by atomic mass is 32.1. The van der Waals surface area contributed by atoms with Crippen LogP contribution >= 0.6 is 11.3 Å². The van der Waals surface area contributed by atoms with Gasteiger partial charge in [0.15, 0.2) is 5.13 Å². The lowest BCUT2D eigenvalue weighted by molar-refractivity contribution is -0.142. The summed E-state index contributed by atoms with van der Waals surface area (Å²) >= 11 is 1.46. The summed E-state index contributed by atoms with van der Waals surface area (Å²) in [6, 6.07) is 3.79. The fraction of sp³-hybridized carbons (Fsp3) is 0.385. The summed E-state index contributed by atoms with van der Waals surface area (Å²) in [5.41, 5.74) is 0.720. The average Bonchev–Trinajstić information content (AvgIpc) is 3.00. The molecule has 0 aliphatic rings. The van der Waals surface area contributed by atoms with Gasteiger partial charge in [-0.1, -0.05) is 0 Å². The van der Waals surface area contributed by atoms with Crippen molar-refractivity contribution >= 4 is 22.4 Å². The van der Waals surface area contributed by atoms with E-state index in [1.807, 2.05) is 24.4 Å². The predicted octanol–water partition coefficient (Wildman–Crippen LogP) is 3.01. The molecule has 0 aromatic carbocycles. The Morgan fingerprint density at radius 1 is 1.63 bits per heavy atom. The van der Waals surface area contributed by atoms with Gasteiger partial charge in [0.05, 0.1) is 31.0 Å². The summed E-state index contributed by atoms with van der Waals surface area (Å²) in [5.74, 6) is 0.598. The number of nitrogens with one attached hydrogen (secondary N) is 1. The van der Waals surface area contributed by atoms with E-state index in [2.05, 4.69) is 10.3 Å². The molecule has 0 aliphatic carbocycles. The first-order chi connectivity index (χ1) is 9.19. The molecule has 0 radical (unpaired) electrons. The molecule has 5 nitrogen and oxygen atoms in total. The lowest BCUT2D eigenvalue weighted by Crippen LogP contribution is -2.08. The quantitative estimate of drug-likeness (QED) is 0.824. The highest BCUT2D eigenvalue weighted by Crippen LogP contribution is 2.22. The molecule has 2 aromatic heterocycles. The van der Waals surface area contributed by atoms with Gasteiger partial charge in [-0.3, -0.25) is 4.79 Å². The minimum atomic E-state index is -0.251. The van der Waals surface area contributed by atoms with E-state index in [1.54, 1.807) is 13.2 Å². The molecular formula is C13H16N2O3S. The van der Waals surface area contributed by atoms with Crippen molar-refractivity contribution in [2.45, 2.75) is 26.3 Å². The zero-order chi connectivity index (χ0) is 13.7. The number of thiazole rings is 1. The molecule has 0 amide bonds. The monoisotopic (exact) mass is 280 g/mol. The summed E-state index contributed by atoms with van der Waals surface area (Å²) in [4.78, 5) is 15.7. The van der Waals surface area contributed by atoms with Crippen molar-refractivity contribution in [3.63, 3.8) is 0 Å². The third kappa shape index (κ3) is 3.82. The Kier molecular flexibility index (Phi) is 4.57. The topological polar surface area (TPSA) is 64.4 Å². The van der Waals surface area contributed by atoms with Crippen molar-refractivity contribution in [1.29, 1.82) is 0 Å². The summed E-state index contributed by atoms with van der Waals surface area (Å²) in [7, 11) is 0. The summed E-state index contributed by atoms with van der Waals surface area (Å²) < 4.78 is 10.2. The Labute approximate surface area is 115 Å². The molecule has 0 saturated carbocycles. The minimum absolute atomic E-state index is 0.0385. The van der Waals surface area contributed by atoms with Crippen molar-refractivity contribution in [1.82, 2.24) is 4.98 Å². The van der Waals surface area contributed by atoms with E-state index in [0.29, 0.717) is 6.61 Å². The van der Waals surface area contributed by atoms with E-state index in [0.717, 1.165) is 16.6 Å². The number of furan rings is 1. The third-order valence-corrected chi connectivity index (χ3v) is 3.31. The Morgan fingerprint density at radius 2 is 2.47 bits per heavy atom. The van der Waals surface area contributed by atoms with Gasteiger partial charge in [-0.2, -0.15) is 0 Å². The molecule has 0 bridgehead atoms. The fourth-order valence-electron chi connectivity index (χ4n) is 1.61. The first-order valence-corrected chi connectivity index (χ1v) is 6.97. The highest BCUT2D eigenvalue weighted by Gasteiger charge is 2.12.